The van der Waals surface area contributed by atoms with Crippen LogP contribution in [0.2, 0.25) is 0 Å². The molecule has 0 aliphatic rings. The monoisotopic (exact) mass is 355 g/mol. The second-order valence-corrected chi connectivity index (χ2v) is 5.87. The van der Waals surface area contributed by atoms with Crippen LogP contribution in [0.1, 0.15) is 18.9 Å². The number of amides is 2. The molecule has 1 aromatic carbocycles. The number of carbonyl (C=O) groups is 2. The maximum absolute atomic E-state index is 12.0. The largest absolute Gasteiger partial charge is 0.355 e. The van der Waals surface area contributed by atoms with Gasteiger partial charge in [0.05, 0.1) is 0 Å². The van der Waals surface area contributed by atoms with Gasteiger partial charge in [0, 0.05) is 43.5 Å². The van der Waals surface area contributed by atoms with Gasteiger partial charge in [-0.3, -0.25) is 9.59 Å². The van der Waals surface area contributed by atoms with Gasteiger partial charge in [-0.05, 0) is 11.6 Å². The maximum atomic E-state index is 12.0. The molecule has 0 spiro atoms. The van der Waals surface area contributed by atoms with Crippen molar-refractivity contribution in [2.45, 2.75) is 19.9 Å². The van der Waals surface area contributed by atoms with Crippen LogP contribution in [0.5, 0.6) is 0 Å². The zero-order valence-electron chi connectivity index (χ0n) is 12.4. The van der Waals surface area contributed by atoms with Crippen LogP contribution in [0, 0.1) is 5.92 Å². The average molecular weight is 356 g/mol. The Balaban J connectivity index is 2.38. The number of hydrogen-bond acceptors (Lipinski definition) is 3. The smallest absolute Gasteiger partial charge is 0.224 e. The van der Waals surface area contributed by atoms with E-state index in [1.807, 2.05) is 24.3 Å². The van der Waals surface area contributed by atoms with Crippen LogP contribution < -0.4 is 11.1 Å². The van der Waals surface area contributed by atoms with Crippen LogP contribution in [0.15, 0.2) is 28.7 Å². The highest BCUT2D eigenvalue weighted by Gasteiger charge is 2.13. The van der Waals surface area contributed by atoms with Gasteiger partial charge in [-0.25, -0.2) is 0 Å². The van der Waals surface area contributed by atoms with Gasteiger partial charge in [0.15, 0.2) is 0 Å². The van der Waals surface area contributed by atoms with Crippen LogP contribution in [0.25, 0.3) is 0 Å². The predicted octanol–water partition coefficient (Wildman–Crippen LogP) is 1.51. The topological polar surface area (TPSA) is 75.4 Å². The molecule has 0 aliphatic carbocycles. The Labute approximate surface area is 134 Å². The molecule has 1 atom stereocenters. The van der Waals surface area contributed by atoms with Crippen LogP contribution in [-0.2, 0) is 16.1 Å². The van der Waals surface area contributed by atoms with E-state index in [-0.39, 0.29) is 24.2 Å². The highest BCUT2D eigenvalue weighted by Crippen LogP contribution is 2.17. The highest BCUT2D eigenvalue weighted by atomic mass is 79.9. The molecule has 1 aromatic rings. The fourth-order valence-electron chi connectivity index (χ4n) is 1.74. The predicted molar refractivity (Wildman–Crippen MR) is 86.5 cm³/mol. The van der Waals surface area contributed by atoms with Gasteiger partial charge in [0.1, 0.15) is 0 Å². The number of halogens is 1. The molecular weight excluding hydrogens is 334 g/mol. The summed E-state index contributed by atoms with van der Waals surface area (Å²) in [7, 11) is 1.76. The number of carbonyl (C=O) groups excluding carboxylic acids is 2. The van der Waals surface area contributed by atoms with E-state index in [0.717, 1.165) is 10.0 Å². The molecule has 21 heavy (non-hydrogen) atoms. The third-order valence-electron chi connectivity index (χ3n) is 3.23. The Morgan fingerprint density at radius 2 is 2.05 bits per heavy atom. The second kappa shape index (κ2) is 8.79. The third kappa shape index (κ3) is 5.85. The van der Waals surface area contributed by atoms with Crippen molar-refractivity contribution < 1.29 is 9.59 Å². The lowest BCUT2D eigenvalue weighted by Gasteiger charge is -2.18. The Kier molecular flexibility index (Phi) is 7.39. The first-order valence-electron chi connectivity index (χ1n) is 6.90. The van der Waals surface area contributed by atoms with E-state index in [1.165, 1.54) is 0 Å². The molecule has 0 radical (unpaired) electrons. The molecule has 0 saturated carbocycles. The minimum atomic E-state index is -0.224. The zero-order valence-corrected chi connectivity index (χ0v) is 14.0. The summed E-state index contributed by atoms with van der Waals surface area (Å²) in [5, 5.41) is 2.72. The van der Waals surface area contributed by atoms with Crippen molar-refractivity contribution in [3.8, 4) is 0 Å². The van der Waals surface area contributed by atoms with Gasteiger partial charge in [-0.1, -0.05) is 41.1 Å². The minimum Gasteiger partial charge on any atom is -0.355 e. The minimum absolute atomic E-state index is 0.00791. The molecule has 2 amide bonds. The van der Waals surface area contributed by atoms with Crippen LogP contribution in [0.4, 0.5) is 0 Å². The van der Waals surface area contributed by atoms with Gasteiger partial charge >= 0.3 is 0 Å². The van der Waals surface area contributed by atoms with E-state index >= 15 is 0 Å². The molecule has 0 aromatic heterocycles. The van der Waals surface area contributed by atoms with E-state index < -0.39 is 0 Å². The number of hydrogen-bond donors (Lipinski definition) is 2. The van der Waals surface area contributed by atoms with Gasteiger partial charge in [0.25, 0.3) is 0 Å². The van der Waals surface area contributed by atoms with Crippen molar-refractivity contribution in [2.24, 2.45) is 11.7 Å². The van der Waals surface area contributed by atoms with E-state index in [2.05, 4.69) is 21.2 Å². The van der Waals surface area contributed by atoms with E-state index in [9.17, 15) is 9.59 Å². The summed E-state index contributed by atoms with van der Waals surface area (Å²) in [5.74, 6) is -0.344. The van der Waals surface area contributed by atoms with Crippen molar-refractivity contribution in [1.29, 1.82) is 0 Å². The van der Waals surface area contributed by atoms with Crippen molar-refractivity contribution >= 4 is 27.7 Å². The summed E-state index contributed by atoms with van der Waals surface area (Å²) < 4.78 is 0.981. The maximum Gasteiger partial charge on any atom is 0.224 e. The number of rotatable bonds is 7. The van der Waals surface area contributed by atoms with Crippen molar-refractivity contribution in [3.63, 3.8) is 0 Å². The lowest BCUT2D eigenvalue weighted by atomic mass is 10.1. The molecule has 0 fully saturated rings. The first-order valence-corrected chi connectivity index (χ1v) is 7.70. The van der Waals surface area contributed by atoms with Gasteiger partial charge in [-0.15, -0.1) is 0 Å². The molecule has 0 saturated heterocycles. The SMILES string of the molecule is CC(CN)C(=O)NCCC(=O)N(C)Cc1ccccc1Br. The van der Waals surface area contributed by atoms with Crippen LogP contribution >= 0.6 is 15.9 Å². The Bertz CT molecular complexity index is 494. The van der Waals surface area contributed by atoms with Gasteiger partial charge in [0.2, 0.25) is 11.8 Å². The van der Waals surface area contributed by atoms with E-state index in [4.69, 9.17) is 5.73 Å². The number of nitrogens with one attached hydrogen (secondary N) is 1. The first-order chi connectivity index (χ1) is 9.95. The molecule has 116 valence electrons. The molecule has 0 bridgehead atoms. The average Bonchev–Trinajstić information content (AvgIpc) is 2.48. The van der Waals surface area contributed by atoms with Gasteiger partial charge < -0.3 is 16.0 Å². The summed E-state index contributed by atoms with van der Waals surface area (Å²) in [5.41, 5.74) is 6.46. The molecule has 1 rings (SSSR count). The molecule has 6 heteroatoms. The Hall–Kier alpha value is -1.40. The quantitative estimate of drug-likeness (QED) is 0.778. The molecule has 5 nitrogen and oxygen atoms in total. The highest BCUT2D eigenvalue weighted by molar-refractivity contribution is 9.10. The lowest BCUT2D eigenvalue weighted by Crippen LogP contribution is -2.36. The van der Waals surface area contributed by atoms with Crippen molar-refractivity contribution in [1.82, 2.24) is 10.2 Å². The molecular formula is C15H22BrN3O2. The normalized spacial score (nSPS) is 11.8. The summed E-state index contributed by atoms with van der Waals surface area (Å²) in [6, 6.07) is 7.79. The van der Waals surface area contributed by atoms with E-state index in [1.54, 1.807) is 18.9 Å². The number of nitrogens with zero attached hydrogens (tertiary/aromatic N) is 1. The summed E-state index contributed by atoms with van der Waals surface area (Å²) in [6.07, 6.45) is 0.282. The van der Waals surface area contributed by atoms with Crippen molar-refractivity contribution in [3.05, 3.63) is 34.3 Å². The van der Waals surface area contributed by atoms with Crippen molar-refractivity contribution in [2.75, 3.05) is 20.1 Å². The second-order valence-electron chi connectivity index (χ2n) is 5.02. The molecule has 3 N–H and O–H groups in total. The fraction of sp³-hybridized carbons (Fsp3) is 0.467. The molecule has 0 heterocycles. The summed E-state index contributed by atoms with van der Waals surface area (Å²) >= 11 is 3.46. The third-order valence-corrected chi connectivity index (χ3v) is 4.00. The zero-order chi connectivity index (χ0) is 15.8. The number of benzene rings is 1. The van der Waals surface area contributed by atoms with Gasteiger partial charge in [-0.2, -0.15) is 0 Å². The molecule has 0 aliphatic heterocycles. The molecule has 1 unspecified atom stereocenters. The standard InChI is InChI=1S/C15H22BrN3O2/c1-11(9-17)15(21)18-8-7-14(20)19(2)10-12-5-3-4-6-13(12)16/h3-6,11H,7-10,17H2,1-2H3,(H,18,21). The van der Waals surface area contributed by atoms with E-state index in [0.29, 0.717) is 19.6 Å². The lowest BCUT2D eigenvalue weighted by molar-refractivity contribution is -0.130. The summed E-state index contributed by atoms with van der Waals surface area (Å²) in [4.78, 5) is 25.2. The Morgan fingerprint density at radius 1 is 1.38 bits per heavy atom. The Morgan fingerprint density at radius 3 is 2.67 bits per heavy atom. The van der Waals surface area contributed by atoms with Crippen LogP contribution in [0.3, 0.4) is 0 Å². The fourth-order valence-corrected chi connectivity index (χ4v) is 2.15. The van der Waals surface area contributed by atoms with Crippen LogP contribution in [-0.4, -0.2) is 36.9 Å². The summed E-state index contributed by atoms with van der Waals surface area (Å²) in [6.45, 7) is 2.94. The number of nitrogens with two attached hydrogens (primary N) is 1. The first kappa shape index (κ1) is 17.7.